The Morgan fingerprint density at radius 1 is 1.03 bits per heavy atom. The first-order valence-corrected chi connectivity index (χ1v) is 13.1. The maximum Gasteiger partial charge on any atom is 0.263 e. The highest BCUT2D eigenvalue weighted by Gasteiger charge is 2.23. The van der Waals surface area contributed by atoms with Crippen LogP contribution in [0.1, 0.15) is 30.2 Å². The summed E-state index contributed by atoms with van der Waals surface area (Å²) >= 11 is 2.99. The molecule has 2 aromatic carbocycles. The lowest BCUT2D eigenvalue weighted by Crippen LogP contribution is -2.28. The zero-order valence-electron chi connectivity index (χ0n) is 18.5. The summed E-state index contributed by atoms with van der Waals surface area (Å²) in [4.78, 5) is 35.5. The number of rotatable bonds is 6. The van der Waals surface area contributed by atoms with Crippen LogP contribution in [0.5, 0.6) is 0 Å². The van der Waals surface area contributed by atoms with E-state index in [0.29, 0.717) is 11.7 Å². The molecule has 0 fully saturated rings. The molecular weight excluding hydrogens is 450 g/mol. The SMILES string of the molecule is CCn1c(SCC(=O)N(c2ccccc2)c2ccccc2)nc2sc3c(c2c1=O)CCCC3. The van der Waals surface area contributed by atoms with Crippen molar-refractivity contribution in [2.24, 2.45) is 0 Å². The summed E-state index contributed by atoms with van der Waals surface area (Å²) in [5, 5.41) is 1.41. The minimum Gasteiger partial charge on any atom is -0.287 e. The number of aromatic nitrogens is 2. The Kier molecular flexibility index (Phi) is 6.33. The Morgan fingerprint density at radius 3 is 2.30 bits per heavy atom. The van der Waals surface area contributed by atoms with Crippen LogP contribution in [0.4, 0.5) is 11.4 Å². The number of carbonyl (C=O) groups is 1. The standard InChI is InChI=1S/C26H25N3O2S2/c1-2-28-25(31)23-20-15-9-10-16-21(20)33-24(23)27-26(28)32-17-22(30)29(18-11-5-3-6-12-18)19-13-7-4-8-14-19/h3-8,11-14H,2,9-10,15-17H2,1H3. The van der Waals surface area contributed by atoms with Crippen LogP contribution in [0.15, 0.2) is 70.6 Å². The zero-order valence-corrected chi connectivity index (χ0v) is 20.1. The van der Waals surface area contributed by atoms with E-state index in [9.17, 15) is 9.59 Å². The number of nitrogens with zero attached hydrogens (tertiary/aromatic N) is 3. The van der Waals surface area contributed by atoms with Gasteiger partial charge in [-0.2, -0.15) is 0 Å². The minimum atomic E-state index is -0.0557. The summed E-state index contributed by atoms with van der Waals surface area (Å²) in [5.74, 6) is 0.132. The Morgan fingerprint density at radius 2 is 1.67 bits per heavy atom. The summed E-state index contributed by atoms with van der Waals surface area (Å²) in [7, 11) is 0. The summed E-state index contributed by atoms with van der Waals surface area (Å²) < 4.78 is 1.72. The van der Waals surface area contributed by atoms with Crippen LogP contribution in [0.2, 0.25) is 0 Å². The van der Waals surface area contributed by atoms with Crippen LogP contribution in [0, 0.1) is 0 Å². The minimum absolute atomic E-state index is 0.0276. The smallest absolute Gasteiger partial charge is 0.263 e. The average molecular weight is 476 g/mol. The van der Waals surface area contributed by atoms with Crippen molar-refractivity contribution in [3.8, 4) is 0 Å². The van der Waals surface area contributed by atoms with Gasteiger partial charge in [0.1, 0.15) is 4.83 Å². The Balaban J connectivity index is 1.47. The van der Waals surface area contributed by atoms with Crippen molar-refractivity contribution in [1.82, 2.24) is 9.55 Å². The molecule has 2 heterocycles. The first-order chi connectivity index (χ1) is 16.2. The number of hydrogen-bond donors (Lipinski definition) is 0. The van der Waals surface area contributed by atoms with Crippen molar-refractivity contribution in [2.45, 2.75) is 44.3 Å². The molecule has 1 aliphatic carbocycles. The summed E-state index contributed by atoms with van der Waals surface area (Å²) in [5.41, 5.74) is 2.86. The van der Waals surface area contributed by atoms with Crippen LogP contribution >= 0.6 is 23.1 Å². The number of carbonyl (C=O) groups excluding carboxylic acids is 1. The van der Waals surface area contributed by atoms with Crippen LogP contribution in [0.3, 0.4) is 0 Å². The highest BCUT2D eigenvalue weighted by atomic mass is 32.2. The Labute approximate surface area is 201 Å². The molecule has 33 heavy (non-hydrogen) atoms. The molecule has 7 heteroatoms. The lowest BCUT2D eigenvalue weighted by molar-refractivity contribution is -0.115. The van der Waals surface area contributed by atoms with Gasteiger partial charge in [0.2, 0.25) is 5.91 Å². The molecule has 0 N–H and O–H groups in total. The number of thiophene rings is 1. The van der Waals surface area contributed by atoms with Crippen molar-refractivity contribution in [1.29, 1.82) is 0 Å². The van der Waals surface area contributed by atoms with Crippen molar-refractivity contribution >= 4 is 50.6 Å². The van der Waals surface area contributed by atoms with E-state index in [0.717, 1.165) is 40.9 Å². The quantitative estimate of drug-likeness (QED) is 0.261. The predicted molar refractivity (Wildman–Crippen MR) is 137 cm³/mol. The fraction of sp³-hybridized carbons (Fsp3) is 0.269. The Hall–Kier alpha value is -2.90. The molecule has 0 aliphatic heterocycles. The first kappa shape index (κ1) is 21.9. The van der Waals surface area contributed by atoms with Crippen molar-refractivity contribution in [3.63, 3.8) is 0 Å². The van der Waals surface area contributed by atoms with Crippen LogP contribution < -0.4 is 10.5 Å². The number of anilines is 2. The maximum absolute atomic E-state index is 13.4. The van der Waals surface area contributed by atoms with E-state index in [-0.39, 0.29) is 17.2 Å². The topological polar surface area (TPSA) is 55.2 Å². The van der Waals surface area contributed by atoms with Gasteiger partial charge in [-0.15, -0.1) is 11.3 Å². The molecule has 1 amide bonds. The molecule has 1 aliphatic rings. The van der Waals surface area contributed by atoms with Gasteiger partial charge in [0.25, 0.3) is 5.56 Å². The maximum atomic E-state index is 13.4. The molecule has 5 rings (SSSR count). The molecule has 168 valence electrons. The molecule has 0 atom stereocenters. The molecule has 0 spiro atoms. The van der Waals surface area contributed by atoms with E-state index in [1.165, 1.54) is 28.6 Å². The van der Waals surface area contributed by atoms with E-state index < -0.39 is 0 Å². The normalized spacial score (nSPS) is 13.1. The van der Waals surface area contributed by atoms with Gasteiger partial charge in [-0.1, -0.05) is 48.2 Å². The second kappa shape index (κ2) is 9.53. The lowest BCUT2D eigenvalue weighted by atomic mass is 9.97. The number of benzene rings is 2. The molecule has 0 radical (unpaired) electrons. The van der Waals surface area contributed by atoms with Crippen LogP contribution in [-0.2, 0) is 24.2 Å². The van der Waals surface area contributed by atoms with E-state index in [2.05, 4.69) is 0 Å². The second-order valence-corrected chi connectivity index (χ2v) is 10.0. The third kappa shape index (κ3) is 4.23. The van der Waals surface area contributed by atoms with Gasteiger partial charge < -0.3 is 0 Å². The van der Waals surface area contributed by atoms with Gasteiger partial charge in [-0.25, -0.2) is 4.98 Å². The lowest BCUT2D eigenvalue weighted by Gasteiger charge is -2.23. The monoisotopic (exact) mass is 475 g/mol. The van der Waals surface area contributed by atoms with Gasteiger partial charge in [0.15, 0.2) is 5.16 Å². The number of fused-ring (bicyclic) bond motifs is 3. The van der Waals surface area contributed by atoms with E-state index in [4.69, 9.17) is 4.98 Å². The number of aryl methyl sites for hydroxylation is 2. The molecule has 4 aromatic rings. The van der Waals surface area contributed by atoms with E-state index >= 15 is 0 Å². The van der Waals surface area contributed by atoms with Gasteiger partial charge in [-0.05, 0) is 62.4 Å². The van der Waals surface area contributed by atoms with E-state index in [1.54, 1.807) is 20.8 Å². The summed E-state index contributed by atoms with van der Waals surface area (Å²) in [6.07, 6.45) is 4.30. The molecule has 2 aromatic heterocycles. The van der Waals surface area contributed by atoms with Crippen molar-refractivity contribution in [2.75, 3.05) is 10.7 Å². The van der Waals surface area contributed by atoms with Crippen molar-refractivity contribution < 1.29 is 4.79 Å². The van der Waals surface area contributed by atoms with Gasteiger partial charge in [0.05, 0.1) is 11.1 Å². The van der Waals surface area contributed by atoms with Crippen molar-refractivity contribution in [3.05, 3.63) is 81.5 Å². The van der Waals surface area contributed by atoms with Gasteiger partial charge in [-0.3, -0.25) is 19.1 Å². The highest BCUT2D eigenvalue weighted by Crippen LogP contribution is 2.35. The zero-order chi connectivity index (χ0) is 22.8. The molecular formula is C26H25N3O2S2. The van der Waals surface area contributed by atoms with Crippen LogP contribution in [-0.4, -0.2) is 21.2 Å². The summed E-state index contributed by atoms with van der Waals surface area (Å²) in [6, 6.07) is 19.3. The molecule has 5 nitrogen and oxygen atoms in total. The summed E-state index contributed by atoms with van der Waals surface area (Å²) in [6.45, 7) is 2.49. The number of amides is 1. The number of thioether (sulfide) groups is 1. The van der Waals surface area contributed by atoms with Gasteiger partial charge in [0, 0.05) is 22.8 Å². The largest absolute Gasteiger partial charge is 0.287 e. The van der Waals surface area contributed by atoms with Gasteiger partial charge >= 0.3 is 0 Å². The number of hydrogen-bond acceptors (Lipinski definition) is 5. The fourth-order valence-corrected chi connectivity index (χ4v) is 6.61. The Bertz CT molecular complexity index is 1310. The van der Waals surface area contributed by atoms with Crippen LogP contribution in [0.25, 0.3) is 10.2 Å². The third-order valence-electron chi connectivity index (χ3n) is 5.96. The predicted octanol–water partition coefficient (Wildman–Crippen LogP) is 5.81. The molecule has 0 saturated heterocycles. The third-order valence-corrected chi connectivity index (χ3v) is 8.11. The highest BCUT2D eigenvalue weighted by molar-refractivity contribution is 7.99. The molecule has 0 unspecified atom stereocenters. The second-order valence-electron chi connectivity index (χ2n) is 8.02. The number of para-hydroxylation sites is 2. The first-order valence-electron chi connectivity index (χ1n) is 11.3. The molecule has 0 saturated carbocycles. The van der Waals surface area contributed by atoms with E-state index in [1.807, 2.05) is 67.6 Å². The fourth-order valence-electron chi connectivity index (χ4n) is 4.39. The average Bonchev–Trinajstić information content (AvgIpc) is 3.23. The molecule has 0 bridgehead atoms.